The van der Waals surface area contributed by atoms with E-state index in [9.17, 15) is 44.7 Å². The van der Waals surface area contributed by atoms with E-state index >= 15 is 0 Å². The Morgan fingerprint density at radius 2 is 1.12 bits per heavy atom. The molecule has 0 spiro atoms. The monoisotopic (exact) mass is 388 g/mol. The molecule has 0 saturated heterocycles. The van der Waals surface area contributed by atoms with Gasteiger partial charge in [0.2, 0.25) is 0 Å². The smallest absolute Gasteiger partial charge is 0.349 e. The number of amides is 2. The minimum absolute atomic E-state index is 1.05. The number of halogens is 8. The first kappa shape index (κ1) is 23.3. The molecule has 2 N–H and O–H groups in total. The molecule has 1 unspecified atom stereocenters. The number of hydrogen-bond acceptors (Lipinski definition) is 3. The van der Waals surface area contributed by atoms with Crippen LogP contribution in [0.3, 0.4) is 0 Å². The van der Waals surface area contributed by atoms with E-state index in [1.54, 1.807) is 0 Å². The summed E-state index contributed by atoms with van der Waals surface area (Å²) in [5.41, 5.74) is 0. The van der Waals surface area contributed by atoms with Crippen molar-refractivity contribution in [1.82, 2.24) is 10.6 Å². The van der Waals surface area contributed by atoms with Crippen molar-refractivity contribution < 1.29 is 49.4 Å². The van der Waals surface area contributed by atoms with Crippen LogP contribution < -0.4 is 10.6 Å². The van der Waals surface area contributed by atoms with Crippen LogP contribution in [0.15, 0.2) is 0 Å². The molecule has 2 amide bonds. The van der Waals surface area contributed by atoms with Gasteiger partial charge in [-0.3, -0.25) is 14.3 Å². The molecule has 0 aliphatic carbocycles. The second-order valence-electron chi connectivity index (χ2n) is 5.54. The second kappa shape index (κ2) is 7.30. The Kier molecular flexibility index (Phi) is 6.81. The molecule has 0 saturated carbocycles. The number of hydrogen-bond donors (Lipinski definition) is 2. The predicted octanol–water partition coefficient (Wildman–Crippen LogP) is 2.51. The third kappa shape index (κ3) is 5.16. The lowest BCUT2D eigenvalue weighted by molar-refractivity contribution is -0.428. The maximum atomic E-state index is 13.9. The summed E-state index contributed by atoms with van der Waals surface area (Å²) >= 11 is 0. The number of ether oxygens (including phenoxy) is 1. The largest absolute Gasteiger partial charge is 0.458 e. The number of alkyl halides is 8. The van der Waals surface area contributed by atoms with Gasteiger partial charge in [0, 0.05) is 12.1 Å². The van der Waals surface area contributed by atoms with Crippen LogP contribution in [0, 0.1) is 0 Å². The SMILES string of the molecule is CC(C)NC(=O)C(F)(F)C(F)(F)OC(F)(C(=O)NC(C)C)C(F)(F)F. The molecule has 0 rings (SSSR count). The molecule has 0 aliphatic heterocycles. The van der Waals surface area contributed by atoms with Crippen molar-refractivity contribution in [3.8, 4) is 0 Å². The topological polar surface area (TPSA) is 67.4 Å². The van der Waals surface area contributed by atoms with E-state index in [-0.39, 0.29) is 0 Å². The zero-order valence-electron chi connectivity index (χ0n) is 13.4. The first-order chi connectivity index (χ1) is 10.9. The highest BCUT2D eigenvalue weighted by molar-refractivity contribution is 5.86. The van der Waals surface area contributed by atoms with Crippen molar-refractivity contribution in [2.45, 2.75) is 63.8 Å². The fourth-order valence-corrected chi connectivity index (χ4v) is 1.31. The molecule has 0 radical (unpaired) electrons. The summed E-state index contributed by atoms with van der Waals surface area (Å²) in [6, 6.07) is -2.25. The second-order valence-corrected chi connectivity index (χ2v) is 5.54. The third-order valence-corrected chi connectivity index (χ3v) is 2.42. The molecule has 0 aromatic heterocycles. The number of nitrogens with one attached hydrogen (secondary N) is 2. The van der Waals surface area contributed by atoms with Gasteiger partial charge in [-0.05, 0) is 27.7 Å². The van der Waals surface area contributed by atoms with Gasteiger partial charge in [0.05, 0.1) is 0 Å². The van der Waals surface area contributed by atoms with E-state index in [0.29, 0.717) is 0 Å². The van der Waals surface area contributed by atoms with E-state index in [1.807, 2.05) is 0 Å². The molecule has 0 heterocycles. The van der Waals surface area contributed by atoms with E-state index in [2.05, 4.69) is 4.74 Å². The Bertz CT molecular complexity index is 507. The summed E-state index contributed by atoms with van der Waals surface area (Å²) in [6.07, 6.45) is -12.7. The minimum Gasteiger partial charge on any atom is -0.349 e. The van der Waals surface area contributed by atoms with Crippen LogP contribution >= 0.6 is 0 Å². The maximum Gasteiger partial charge on any atom is 0.458 e. The van der Waals surface area contributed by atoms with Crippen molar-refractivity contribution in [3.05, 3.63) is 0 Å². The Balaban J connectivity index is 5.82. The highest BCUT2D eigenvalue weighted by Gasteiger charge is 2.74. The highest BCUT2D eigenvalue weighted by Crippen LogP contribution is 2.45. The van der Waals surface area contributed by atoms with Gasteiger partial charge in [-0.25, -0.2) is 0 Å². The zero-order valence-corrected chi connectivity index (χ0v) is 13.4. The molecule has 1 atom stereocenters. The molecule has 0 aromatic carbocycles. The number of rotatable bonds is 7. The average molecular weight is 388 g/mol. The fourth-order valence-electron chi connectivity index (χ4n) is 1.31. The Morgan fingerprint density at radius 3 is 1.44 bits per heavy atom. The Hall–Kier alpha value is -1.66. The molecule has 5 nitrogen and oxygen atoms in total. The van der Waals surface area contributed by atoms with Crippen LogP contribution in [0.1, 0.15) is 27.7 Å². The highest BCUT2D eigenvalue weighted by atomic mass is 19.4. The van der Waals surface area contributed by atoms with E-state index in [1.165, 1.54) is 10.6 Å². The lowest BCUT2D eigenvalue weighted by Crippen LogP contribution is -2.64. The fraction of sp³-hybridized carbons (Fsp3) is 0.833. The summed E-state index contributed by atoms with van der Waals surface area (Å²) in [6.45, 7) is 4.30. The van der Waals surface area contributed by atoms with Crippen molar-refractivity contribution in [1.29, 1.82) is 0 Å². The van der Waals surface area contributed by atoms with Crippen molar-refractivity contribution >= 4 is 11.8 Å². The van der Waals surface area contributed by atoms with Crippen LogP contribution in [0.2, 0.25) is 0 Å². The molecule has 0 fully saturated rings. The van der Waals surface area contributed by atoms with Crippen LogP contribution in [0.5, 0.6) is 0 Å². The van der Waals surface area contributed by atoms with Gasteiger partial charge in [-0.2, -0.15) is 35.1 Å². The van der Waals surface area contributed by atoms with Crippen LogP contribution in [0.25, 0.3) is 0 Å². The van der Waals surface area contributed by atoms with Gasteiger partial charge in [0.15, 0.2) is 0 Å². The molecule has 0 aromatic rings. The summed E-state index contributed by atoms with van der Waals surface area (Å²) in [7, 11) is 0. The van der Waals surface area contributed by atoms with Crippen LogP contribution in [0.4, 0.5) is 35.1 Å². The zero-order chi connectivity index (χ0) is 20.4. The summed E-state index contributed by atoms with van der Waals surface area (Å²) in [5, 5.41) is 2.61. The lowest BCUT2D eigenvalue weighted by atomic mass is 10.2. The molecule has 0 bridgehead atoms. The van der Waals surface area contributed by atoms with Crippen LogP contribution in [-0.4, -0.2) is 48.0 Å². The molecule has 148 valence electrons. The molecule has 13 heteroatoms. The standard InChI is InChI=1S/C12H16F8N2O3/c1-5(2)21-7(23)9(13,14)12(19,20)25-10(15,11(16,17)18)8(24)22-6(3)4/h5-6H,1-4H3,(H,21,23)(H,22,24). The lowest BCUT2D eigenvalue weighted by Gasteiger charge is -2.33. The summed E-state index contributed by atoms with van der Waals surface area (Å²) in [4.78, 5) is 22.3. The first-order valence-corrected chi connectivity index (χ1v) is 6.72. The van der Waals surface area contributed by atoms with Gasteiger partial charge in [0.25, 0.3) is 11.8 Å². The third-order valence-electron chi connectivity index (χ3n) is 2.42. The number of carbonyl (C=O) groups is 2. The van der Waals surface area contributed by atoms with Gasteiger partial charge >= 0.3 is 24.1 Å². The van der Waals surface area contributed by atoms with Crippen molar-refractivity contribution in [3.63, 3.8) is 0 Å². The van der Waals surface area contributed by atoms with Gasteiger partial charge in [-0.15, -0.1) is 0 Å². The molecular formula is C12H16F8N2O3. The first-order valence-electron chi connectivity index (χ1n) is 6.72. The predicted molar refractivity (Wildman–Crippen MR) is 67.4 cm³/mol. The van der Waals surface area contributed by atoms with Crippen LogP contribution in [-0.2, 0) is 14.3 Å². The average Bonchev–Trinajstić information content (AvgIpc) is 2.34. The van der Waals surface area contributed by atoms with Crippen molar-refractivity contribution in [2.24, 2.45) is 0 Å². The molecule has 25 heavy (non-hydrogen) atoms. The minimum atomic E-state index is -6.43. The quantitative estimate of drug-likeness (QED) is 0.659. The molecular weight excluding hydrogens is 372 g/mol. The summed E-state index contributed by atoms with van der Waals surface area (Å²) < 4.78 is 108. The van der Waals surface area contributed by atoms with Gasteiger partial charge < -0.3 is 10.6 Å². The van der Waals surface area contributed by atoms with E-state index < -0.39 is 48.0 Å². The Labute approximate surface area is 137 Å². The number of carbonyl (C=O) groups excluding carboxylic acids is 2. The van der Waals surface area contributed by atoms with E-state index in [0.717, 1.165) is 27.7 Å². The van der Waals surface area contributed by atoms with Gasteiger partial charge in [0.1, 0.15) is 0 Å². The Morgan fingerprint density at radius 1 is 0.760 bits per heavy atom. The van der Waals surface area contributed by atoms with Gasteiger partial charge in [-0.1, -0.05) is 0 Å². The maximum absolute atomic E-state index is 13.9. The molecule has 0 aliphatic rings. The van der Waals surface area contributed by atoms with E-state index in [4.69, 9.17) is 0 Å². The van der Waals surface area contributed by atoms with Crippen molar-refractivity contribution in [2.75, 3.05) is 0 Å². The summed E-state index contributed by atoms with van der Waals surface area (Å²) in [5.74, 6) is -17.2. The normalized spacial score (nSPS) is 15.9.